The van der Waals surface area contributed by atoms with E-state index in [2.05, 4.69) is 25.9 Å². The number of carbonyl (C=O) groups is 5. The Kier molecular flexibility index (Phi) is 10.3. The third-order valence-electron chi connectivity index (χ3n) is 4.57. The van der Waals surface area contributed by atoms with E-state index in [-0.39, 0.29) is 19.3 Å². The first-order valence-corrected chi connectivity index (χ1v) is 10.1. The molecule has 13 nitrogen and oxygen atoms in total. The smallest absolute Gasteiger partial charge is 0.326 e. The van der Waals surface area contributed by atoms with Crippen molar-refractivity contribution in [2.24, 2.45) is 17.4 Å². The minimum Gasteiger partial charge on any atom is -0.480 e. The Labute approximate surface area is 185 Å². The molecule has 4 unspecified atom stereocenters. The number of aliphatic carboxylic acids is 1. The zero-order chi connectivity index (χ0) is 24.4. The summed E-state index contributed by atoms with van der Waals surface area (Å²) in [4.78, 5) is 66.8. The zero-order valence-corrected chi connectivity index (χ0v) is 18.3. The number of aromatic nitrogens is 2. The van der Waals surface area contributed by atoms with E-state index < -0.39 is 59.7 Å². The van der Waals surface area contributed by atoms with Crippen LogP contribution in [0.25, 0.3) is 0 Å². The van der Waals surface area contributed by atoms with E-state index in [1.165, 1.54) is 19.4 Å². The molecule has 0 saturated heterocycles. The molecule has 0 bridgehead atoms. The maximum absolute atomic E-state index is 12.9. The van der Waals surface area contributed by atoms with Gasteiger partial charge in [0, 0.05) is 24.7 Å². The van der Waals surface area contributed by atoms with Crippen molar-refractivity contribution in [2.45, 2.75) is 64.2 Å². The van der Waals surface area contributed by atoms with E-state index in [0.29, 0.717) is 5.69 Å². The Morgan fingerprint density at radius 3 is 2.12 bits per heavy atom. The Morgan fingerprint density at radius 1 is 1.03 bits per heavy atom. The number of amides is 4. The van der Waals surface area contributed by atoms with Crippen LogP contribution >= 0.6 is 0 Å². The number of rotatable bonds is 13. The molecule has 0 aliphatic heterocycles. The fraction of sp³-hybridized carbons (Fsp3) is 0.579. The molecule has 1 heterocycles. The highest BCUT2D eigenvalue weighted by Gasteiger charge is 2.32. The summed E-state index contributed by atoms with van der Waals surface area (Å²) in [5.41, 5.74) is 11.2. The predicted octanol–water partition coefficient (Wildman–Crippen LogP) is -2.24. The summed E-state index contributed by atoms with van der Waals surface area (Å²) in [6.45, 7) is 4.78. The second-order valence-electron chi connectivity index (χ2n) is 7.77. The third kappa shape index (κ3) is 8.71. The normalized spacial score (nSPS) is 14.7. The fourth-order valence-electron chi connectivity index (χ4n) is 2.72. The van der Waals surface area contributed by atoms with Gasteiger partial charge in [-0.2, -0.15) is 0 Å². The summed E-state index contributed by atoms with van der Waals surface area (Å²) < 4.78 is 0. The summed E-state index contributed by atoms with van der Waals surface area (Å²) in [5, 5.41) is 16.7. The molecule has 0 aromatic carbocycles. The molecule has 9 N–H and O–H groups in total. The Balaban J connectivity index is 2.96. The van der Waals surface area contributed by atoms with E-state index in [4.69, 9.17) is 11.5 Å². The number of aromatic amines is 1. The van der Waals surface area contributed by atoms with Crippen LogP contribution < -0.4 is 27.4 Å². The van der Waals surface area contributed by atoms with Crippen LogP contribution in [0.3, 0.4) is 0 Å². The van der Waals surface area contributed by atoms with Gasteiger partial charge in [-0.25, -0.2) is 9.78 Å². The van der Waals surface area contributed by atoms with E-state index in [1.807, 2.05) is 0 Å². The summed E-state index contributed by atoms with van der Waals surface area (Å²) in [5.74, 6) is -4.43. The number of carboxylic acid groups (broad SMARTS) is 1. The Morgan fingerprint density at radius 2 is 1.66 bits per heavy atom. The molecule has 1 rings (SSSR count). The summed E-state index contributed by atoms with van der Waals surface area (Å²) >= 11 is 0. The van der Waals surface area contributed by atoms with E-state index in [9.17, 15) is 29.1 Å². The first-order valence-electron chi connectivity index (χ1n) is 10.1. The molecule has 32 heavy (non-hydrogen) atoms. The number of primary amides is 1. The number of carboxylic acids is 1. The van der Waals surface area contributed by atoms with Crippen LogP contribution in [0.15, 0.2) is 12.5 Å². The standard InChI is InChI=1S/C19H31N7O6/c1-9(2)15(18(30)24-12(19(31)32)4-5-14(21)27)26-17(29)13(25-16(28)10(3)20)6-11-7-22-8-23-11/h7-10,12-13,15H,4-6,20H2,1-3H3,(H2,21,27)(H,22,23)(H,24,30)(H,25,28)(H,26,29)(H,31,32). The average molecular weight is 454 g/mol. The predicted molar refractivity (Wildman–Crippen MR) is 113 cm³/mol. The van der Waals surface area contributed by atoms with E-state index in [1.54, 1.807) is 13.8 Å². The number of carbonyl (C=O) groups excluding carboxylic acids is 4. The third-order valence-corrected chi connectivity index (χ3v) is 4.57. The molecule has 4 amide bonds. The number of nitrogens with two attached hydrogens (primary N) is 2. The Bertz CT molecular complexity index is 809. The highest BCUT2D eigenvalue weighted by Crippen LogP contribution is 2.07. The second kappa shape index (κ2) is 12.4. The van der Waals surface area contributed by atoms with Gasteiger partial charge >= 0.3 is 5.97 Å². The first-order chi connectivity index (χ1) is 14.9. The van der Waals surface area contributed by atoms with Crippen LogP contribution in [-0.2, 0) is 30.4 Å². The van der Waals surface area contributed by atoms with Crippen LogP contribution in [0.1, 0.15) is 39.3 Å². The number of hydrogen-bond acceptors (Lipinski definition) is 7. The minimum atomic E-state index is -1.35. The molecule has 178 valence electrons. The summed E-state index contributed by atoms with van der Waals surface area (Å²) in [6, 6.07) is -4.38. The average Bonchev–Trinajstić information content (AvgIpc) is 3.20. The topological polar surface area (TPSA) is 222 Å². The second-order valence-corrected chi connectivity index (χ2v) is 7.77. The molecule has 0 saturated carbocycles. The van der Waals surface area contributed by atoms with Crippen LogP contribution in [0.5, 0.6) is 0 Å². The van der Waals surface area contributed by atoms with Gasteiger partial charge in [0.25, 0.3) is 0 Å². The van der Waals surface area contributed by atoms with Gasteiger partial charge in [0.05, 0.1) is 12.4 Å². The molecular weight excluding hydrogens is 422 g/mol. The van der Waals surface area contributed by atoms with Crippen molar-refractivity contribution in [3.8, 4) is 0 Å². The summed E-state index contributed by atoms with van der Waals surface area (Å²) in [7, 11) is 0. The fourth-order valence-corrected chi connectivity index (χ4v) is 2.72. The van der Waals surface area contributed by atoms with Gasteiger partial charge in [-0.05, 0) is 19.3 Å². The molecule has 13 heteroatoms. The lowest BCUT2D eigenvalue weighted by atomic mass is 10.0. The van der Waals surface area contributed by atoms with Crippen molar-refractivity contribution in [1.29, 1.82) is 0 Å². The first kappa shape index (κ1) is 26.6. The van der Waals surface area contributed by atoms with Crippen molar-refractivity contribution in [3.05, 3.63) is 18.2 Å². The summed E-state index contributed by atoms with van der Waals surface area (Å²) in [6.07, 6.45) is 2.54. The van der Waals surface area contributed by atoms with Crippen molar-refractivity contribution in [3.63, 3.8) is 0 Å². The van der Waals surface area contributed by atoms with Gasteiger partial charge in [-0.1, -0.05) is 13.8 Å². The van der Waals surface area contributed by atoms with Crippen LogP contribution in [0.4, 0.5) is 0 Å². The SMILES string of the molecule is CC(N)C(=O)NC(Cc1cnc[nH]1)C(=O)NC(C(=O)NC(CCC(N)=O)C(=O)O)C(C)C. The lowest BCUT2D eigenvalue weighted by Crippen LogP contribution is -2.58. The van der Waals surface area contributed by atoms with Crippen LogP contribution in [0, 0.1) is 5.92 Å². The quantitative estimate of drug-likeness (QED) is 0.172. The Hall–Kier alpha value is -3.48. The van der Waals surface area contributed by atoms with Crippen molar-refractivity contribution >= 4 is 29.6 Å². The molecule has 0 radical (unpaired) electrons. The maximum atomic E-state index is 12.9. The molecule has 0 fully saturated rings. The highest BCUT2D eigenvalue weighted by molar-refractivity contribution is 5.94. The van der Waals surface area contributed by atoms with Crippen LogP contribution in [0.2, 0.25) is 0 Å². The lowest BCUT2D eigenvalue weighted by molar-refractivity contribution is -0.143. The zero-order valence-electron chi connectivity index (χ0n) is 18.3. The van der Waals surface area contributed by atoms with Gasteiger partial charge in [-0.3, -0.25) is 19.2 Å². The van der Waals surface area contributed by atoms with Gasteiger partial charge in [-0.15, -0.1) is 0 Å². The van der Waals surface area contributed by atoms with Crippen molar-refractivity contribution in [1.82, 2.24) is 25.9 Å². The number of H-pyrrole nitrogens is 1. The van der Waals surface area contributed by atoms with E-state index in [0.717, 1.165) is 0 Å². The molecule has 4 atom stereocenters. The van der Waals surface area contributed by atoms with Crippen LogP contribution in [-0.4, -0.2) is 68.8 Å². The van der Waals surface area contributed by atoms with Crippen molar-refractivity contribution < 1.29 is 29.1 Å². The van der Waals surface area contributed by atoms with Gasteiger partial charge in [0.15, 0.2) is 0 Å². The number of nitrogens with one attached hydrogen (secondary N) is 4. The van der Waals surface area contributed by atoms with E-state index >= 15 is 0 Å². The monoisotopic (exact) mass is 453 g/mol. The minimum absolute atomic E-state index is 0.0626. The molecule has 1 aromatic rings. The van der Waals surface area contributed by atoms with Gasteiger partial charge < -0.3 is 37.5 Å². The molecule has 1 aromatic heterocycles. The lowest BCUT2D eigenvalue weighted by Gasteiger charge is -2.26. The molecule has 0 aliphatic rings. The number of hydrogen-bond donors (Lipinski definition) is 7. The molecule has 0 spiro atoms. The highest BCUT2D eigenvalue weighted by atomic mass is 16.4. The number of imidazole rings is 1. The largest absolute Gasteiger partial charge is 0.480 e. The van der Waals surface area contributed by atoms with Gasteiger partial charge in [0.2, 0.25) is 23.6 Å². The van der Waals surface area contributed by atoms with Crippen molar-refractivity contribution in [2.75, 3.05) is 0 Å². The van der Waals surface area contributed by atoms with Gasteiger partial charge in [0.1, 0.15) is 18.1 Å². The number of nitrogens with zero attached hydrogens (tertiary/aromatic N) is 1. The maximum Gasteiger partial charge on any atom is 0.326 e. The molecular formula is C19H31N7O6. The molecule has 0 aliphatic carbocycles.